The minimum Gasteiger partial charge on any atom is -0.334 e. The van der Waals surface area contributed by atoms with E-state index in [1.165, 1.54) is 5.56 Å². The molecular formula is C17H17N5. The van der Waals surface area contributed by atoms with Crippen LogP contribution in [0.3, 0.4) is 0 Å². The molecule has 0 saturated carbocycles. The monoisotopic (exact) mass is 291 g/mol. The fraction of sp³-hybridized carbons (Fsp3) is 0.235. The zero-order chi connectivity index (χ0) is 15.7. The number of aromatic nitrogens is 3. The molecule has 3 aromatic rings. The van der Waals surface area contributed by atoms with Crippen molar-refractivity contribution in [1.29, 1.82) is 5.26 Å². The van der Waals surface area contributed by atoms with Gasteiger partial charge < -0.3 is 9.47 Å². The van der Waals surface area contributed by atoms with Crippen LogP contribution in [0.5, 0.6) is 0 Å². The van der Waals surface area contributed by atoms with Gasteiger partial charge in [0.05, 0.1) is 29.7 Å². The Kier molecular flexibility index (Phi) is 3.51. The lowest BCUT2D eigenvalue weighted by atomic mass is 10.1. The highest BCUT2D eigenvalue weighted by Gasteiger charge is 2.12. The summed E-state index contributed by atoms with van der Waals surface area (Å²) in [6.07, 6.45) is 4.46. The Morgan fingerprint density at radius 1 is 1.27 bits per heavy atom. The molecule has 0 bridgehead atoms. The van der Waals surface area contributed by atoms with Crippen molar-refractivity contribution in [3.63, 3.8) is 0 Å². The summed E-state index contributed by atoms with van der Waals surface area (Å²) in [5.41, 5.74) is 4.76. The molecule has 2 heterocycles. The summed E-state index contributed by atoms with van der Waals surface area (Å²) < 4.78 is 1.97. The quantitative estimate of drug-likeness (QED) is 0.743. The smallest absolute Gasteiger partial charge is 0.134 e. The molecule has 0 N–H and O–H groups in total. The van der Waals surface area contributed by atoms with E-state index in [1.807, 2.05) is 47.8 Å². The van der Waals surface area contributed by atoms with Crippen molar-refractivity contribution in [3.05, 3.63) is 47.9 Å². The Morgan fingerprint density at radius 2 is 2.09 bits per heavy atom. The Hall–Kier alpha value is -2.87. The number of anilines is 2. The molecule has 0 amide bonds. The van der Waals surface area contributed by atoms with Crippen LogP contribution in [-0.2, 0) is 13.5 Å². The van der Waals surface area contributed by atoms with Crippen molar-refractivity contribution in [3.8, 4) is 6.07 Å². The Morgan fingerprint density at radius 3 is 2.82 bits per heavy atom. The van der Waals surface area contributed by atoms with Crippen molar-refractivity contribution in [2.24, 2.45) is 7.05 Å². The van der Waals surface area contributed by atoms with E-state index in [0.29, 0.717) is 5.56 Å². The molecule has 3 rings (SSSR count). The summed E-state index contributed by atoms with van der Waals surface area (Å²) in [5, 5.41) is 9.13. The second-order valence-electron chi connectivity index (χ2n) is 5.25. The van der Waals surface area contributed by atoms with Gasteiger partial charge >= 0.3 is 0 Å². The second-order valence-corrected chi connectivity index (χ2v) is 5.25. The van der Waals surface area contributed by atoms with E-state index in [0.717, 1.165) is 29.0 Å². The van der Waals surface area contributed by atoms with Crippen molar-refractivity contribution in [1.82, 2.24) is 14.5 Å². The van der Waals surface area contributed by atoms with Crippen molar-refractivity contribution >= 4 is 22.5 Å². The SMILES string of the molecule is CCc1ccc(C#N)cc1N(C)c1cc2c(cn1)ncn2C. The summed E-state index contributed by atoms with van der Waals surface area (Å²) in [4.78, 5) is 10.8. The van der Waals surface area contributed by atoms with Gasteiger partial charge in [-0.15, -0.1) is 0 Å². The van der Waals surface area contributed by atoms with E-state index < -0.39 is 0 Å². The molecule has 0 aliphatic heterocycles. The summed E-state index contributed by atoms with van der Waals surface area (Å²) in [5.74, 6) is 0.834. The summed E-state index contributed by atoms with van der Waals surface area (Å²) >= 11 is 0. The van der Waals surface area contributed by atoms with Crippen LogP contribution in [-0.4, -0.2) is 21.6 Å². The van der Waals surface area contributed by atoms with Gasteiger partial charge in [-0.2, -0.15) is 5.26 Å². The highest BCUT2D eigenvalue weighted by Crippen LogP contribution is 2.28. The van der Waals surface area contributed by atoms with Gasteiger partial charge in [-0.05, 0) is 24.1 Å². The molecule has 1 aromatic carbocycles. The van der Waals surface area contributed by atoms with E-state index in [4.69, 9.17) is 5.26 Å². The largest absolute Gasteiger partial charge is 0.334 e. The van der Waals surface area contributed by atoms with Crippen LogP contribution in [0.1, 0.15) is 18.1 Å². The molecule has 0 spiro atoms. The predicted octanol–water partition coefficient (Wildman–Crippen LogP) is 3.17. The first kappa shape index (κ1) is 14.1. The number of hydrogen-bond donors (Lipinski definition) is 0. The van der Waals surface area contributed by atoms with Crippen LogP contribution in [0.4, 0.5) is 11.5 Å². The van der Waals surface area contributed by atoms with Gasteiger partial charge in [-0.3, -0.25) is 0 Å². The van der Waals surface area contributed by atoms with Crippen LogP contribution in [0, 0.1) is 11.3 Å². The molecule has 0 atom stereocenters. The molecule has 0 saturated heterocycles. The maximum absolute atomic E-state index is 9.13. The maximum Gasteiger partial charge on any atom is 0.134 e. The van der Waals surface area contributed by atoms with Crippen LogP contribution in [0.15, 0.2) is 36.8 Å². The summed E-state index contributed by atoms with van der Waals surface area (Å²) in [6, 6.07) is 9.99. The fourth-order valence-electron chi connectivity index (χ4n) is 2.57. The van der Waals surface area contributed by atoms with Gasteiger partial charge in [0.2, 0.25) is 0 Å². The van der Waals surface area contributed by atoms with Crippen molar-refractivity contribution in [2.45, 2.75) is 13.3 Å². The number of rotatable bonds is 3. The lowest BCUT2D eigenvalue weighted by Gasteiger charge is -2.21. The van der Waals surface area contributed by atoms with Crippen molar-refractivity contribution < 1.29 is 0 Å². The Balaban J connectivity index is 2.10. The molecule has 0 unspecified atom stereocenters. The predicted molar refractivity (Wildman–Crippen MR) is 87.1 cm³/mol. The van der Waals surface area contributed by atoms with Crippen molar-refractivity contribution in [2.75, 3.05) is 11.9 Å². The zero-order valence-corrected chi connectivity index (χ0v) is 12.9. The first-order valence-corrected chi connectivity index (χ1v) is 7.18. The van der Waals surface area contributed by atoms with Crippen LogP contribution in [0.25, 0.3) is 11.0 Å². The Bertz CT molecular complexity index is 872. The molecular weight excluding hydrogens is 274 g/mol. The average molecular weight is 291 g/mol. The molecule has 110 valence electrons. The number of imidazole rings is 1. The fourth-order valence-corrected chi connectivity index (χ4v) is 2.57. The van der Waals surface area contributed by atoms with E-state index in [-0.39, 0.29) is 0 Å². The zero-order valence-electron chi connectivity index (χ0n) is 12.9. The van der Waals surface area contributed by atoms with E-state index >= 15 is 0 Å². The molecule has 0 aliphatic carbocycles. The third-order valence-electron chi connectivity index (χ3n) is 3.90. The molecule has 5 nitrogen and oxygen atoms in total. The van der Waals surface area contributed by atoms with E-state index in [9.17, 15) is 0 Å². The number of benzene rings is 1. The van der Waals surface area contributed by atoms with Gasteiger partial charge in [0.15, 0.2) is 0 Å². The summed E-state index contributed by atoms with van der Waals surface area (Å²) in [7, 11) is 3.94. The van der Waals surface area contributed by atoms with Gasteiger partial charge in [0.1, 0.15) is 11.3 Å². The van der Waals surface area contributed by atoms with Gasteiger partial charge in [0, 0.05) is 25.8 Å². The molecule has 0 aliphatic rings. The molecule has 2 aromatic heterocycles. The van der Waals surface area contributed by atoms with Gasteiger partial charge in [-0.1, -0.05) is 13.0 Å². The second kappa shape index (κ2) is 5.49. The standard InChI is InChI=1S/C17H17N5/c1-4-13-6-5-12(9-18)7-15(13)22(3)17-8-16-14(10-19-17)20-11-21(16)2/h5-8,10-11H,4H2,1-3H3. The molecule has 5 heteroatoms. The number of nitriles is 1. The first-order valence-electron chi connectivity index (χ1n) is 7.18. The van der Waals surface area contributed by atoms with E-state index in [1.54, 1.807) is 12.5 Å². The lowest BCUT2D eigenvalue weighted by molar-refractivity contribution is 0.946. The maximum atomic E-state index is 9.13. The highest BCUT2D eigenvalue weighted by atomic mass is 15.2. The molecule has 0 radical (unpaired) electrons. The minimum atomic E-state index is 0.653. The van der Waals surface area contributed by atoms with Gasteiger partial charge in [0.25, 0.3) is 0 Å². The number of fused-ring (bicyclic) bond motifs is 1. The number of hydrogen-bond acceptors (Lipinski definition) is 4. The number of pyridine rings is 1. The van der Waals surface area contributed by atoms with Crippen LogP contribution in [0.2, 0.25) is 0 Å². The Labute approximate surface area is 129 Å². The lowest BCUT2D eigenvalue weighted by Crippen LogP contribution is -2.13. The first-order chi connectivity index (χ1) is 10.6. The third-order valence-corrected chi connectivity index (χ3v) is 3.90. The van der Waals surface area contributed by atoms with Gasteiger partial charge in [-0.25, -0.2) is 9.97 Å². The topological polar surface area (TPSA) is 57.7 Å². The molecule has 0 fully saturated rings. The van der Waals surface area contributed by atoms with Crippen LogP contribution < -0.4 is 4.90 Å². The average Bonchev–Trinajstić information content (AvgIpc) is 2.94. The van der Waals surface area contributed by atoms with E-state index in [2.05, 4.69) is 23.0 Å². The normalized spacial score (nSPS) is 10.6. The highest BCUT2D eigenvalue weighted by molar-refractivity contribution is 5.79. The summed E-state index contributed by atoms with van der Waals surface area (Å²) in [6.45, 7) is 2.11. The minimum absolute atomic E-state index is 0.653. The molecule has 22 heavy (non-hydrogen) atoms. The number of nitrogens with zero attached hydrogens (tertiary/aromatic N) is 5. The third kappa shape index (κ3) is 2.29. The number of aryl methyl sites for hydroxylation is 2. The van der Waals surface area contributed by atoms with Crippen LogP contribution >= 0.6 is 0 Å².